The lowest BCUT2D eigenvalue weighted by Gasteiger charge is -2.19. The summed E-state index contributed by atoms with van der Waals surface area (Å²) in [6.07, 6.45) is -2.34. The molecule has 5 atom stereocenters. The molecule has 2 aliphatic heterocycles. The van der Waals surface area contributed by atoms with Crippen LogP contribution in [-0.4, -0.2) is 60.1 Å². The minimum Gasteiger partial charge on any atom is -0.479 e. The molecular weight excluding hydrogens is 481 g/mol. The van der Waals surface area contributed by atoms with Crippen LogP contribution in [0.5, 0.6) is 11.5 Å². The fraction of sp³-hybridized carbons (Fsp3) is 0.542. The van der Waals surface area contributed by atoms with Gasteiger partial charge in [-0.1, -0.05) is 13.8 Å². The highest BCUT2D eigenvalue weighted by Crippen LogP contribution is 2.62. The van der Waals surface area contributed by atoms with Crippen molar-refractivity contribution < 1.29 is 41.6 Å². The summed E-state index contributed by atoms with van der Waals surface area (Å²) < 4.78 is 47.5. The number of fused-ring (bicyclic) bond motifs is 1. The van der Waals surface area contributed by atoms with Crippen molar-refractivity contribution in [2.24, 2.45) is 23.2 Å². The summed E-state index contributed by atoms with van der Waals surface area (Å²) in [4.78, 5) is 38.0. The second-order valence-corrected chi connectivity index (χ2v) is 9.78. The van der Waals surface area contributed by atoms with E-state index in [-0.39, 0.29) is 41.2 Å². The predicted octanol–water partition coefficient (Wildman–Crippen LogP) is 1.76. The van der Waals surface area contributed by atoms with Crippen LogP contribution in [0.15, 0.2) is 24.3 Å². The van der Waals surface area contributed by atoms with Crippen molar-refractivity contribution in [1.29, 1.82) is 5.26 Å². The summed E-state index contributed by atoms with van der Waals surface area (Å²) in [5.41, 5.74) is -0.193. The first-order valence-corrected chi connectivity index (χ1v) is 11.5. The lowest BCUT2D eigenvalue weighted by atomic mass is 9.98. The van der Waals surface area contributed by atoms with E-state index in [2.05, 4.69) is 15.4 Å². The summed E-state index contributed by atoms with van der Waals surface area (Å²) in [6.45, 7) is 4.08. The second-order valence-electron chi connectivity index (χ2n) is 9.78. The molecule has 192 valence electrons. The molecular formula is C24H26F3N4O5+. The van der Waals surface area contributed by atoms with Gasteiger partial charge >= 0.3 is 12.3 Å². The van der Waals surface area contributed by atoms with Gasteiger partial charge in [-0.15, -0.1) is 13.2 Å². The van der Waals surface area contributed by atoms with Crippen molar-refractivity contribution in [1.82, 2.24) is 10.6 Å². The second kappa shape index (κ2) is 9.44. The number of halogens is 3. The third kappa shape index (κ3) is 5.29. The molecule has 1 saturated heterocycles. The number of nitrogens with one attached hydrogen (secondary N) is 2. The molecule has 9 nitrogen and oxygen atoms in total. The summed E-state index contributed by atoms with van der Waals surface area (Å²) in [7, 11) is 0. The van der Waals surface area contributed by atoms with E-state index in [1.54, 1.807) is 6.21 Å². The minimum atomic E-state index is -4.82. The van der Waals surface area contributed by atoms with Gasteiger partial charge in [0.25, 0.3) is 5.91 Å². The molecule has 1 saturated carbocycles. The maximum absolute atomic E-state index is 13.2. The van der Waals surface area contributed by atoms with Gasteiger partial charge in [-0.3, -0.25) is 9.59 Å². The molecule has 1 aromatic carbocycles. The van der Waals surface area contributed by atoms with Crippen LogP contribution in [-0.2, 0) is 14.4 Å². The van der Waals surface area contributed by atoms with Crippen molar-refractivity contribution in [3.05, 3.63) is 24.3 Å². The van der Waals surface area contributed by atoms with Crippen LogP contribution in [0, 0.1) is 34.5 Å². The number of carbonyl (C=O) groups is 3. The third-order valence-electron chi connectivity index (χ3n) is 7.09. The zero-order valence-electron chi connectivity index (χ0n) is 19.7. The number of nitriles is 1. The molecule has 0 bridgehead atoms. The highest BCUT2D eigenvalue weighted by atomic mass is 19.4. The van der Waals surface area contributed by atoms with E-state index in [0.29, 0.717) is 13.0 Å². The van der Waals surface area contributed by atoms with Crippen molar-refractivity contribution in [2.45, 2.75) is 45.1 Å². The largest absolute Gasteiger partial charge is 0.573 e. The molecule has 0 unspecified atom stereocenters. The number of amides is 3. The fourth-order valence-electron chi connectivity index (χ4n) is 5.09. The first kappa shape index (κ1) is 25.5. The lowest BCUT2D eigenvalue weighted by Crippen LogP contribution is -2.49. The average Bonchev–Trinajstić information content (AvgIpc) is 3.16. The Balaban J connectivity index is 1.39. The van der Waals surface area contributed by atoms with E-state index in [1.807, 2.05) is 19.9 Å². The Morgan fingerprint density at radius 1 is 1.28 bits per heavy atom. The Kier molecular flexibility index (Phi) is 6.68. The summed E-state index contributed by atoms with van der Waals surface area (Å²) in [5.74, 6) is -1.87. The Hall–Kier alpha value is -3.62. The van der Waals surface area contributed by atoms with E-state index in [0.717, 1.165) is 12.1 Å². The van der Waals surface area contributed by atoms with Gasteiger partial charge in [0, 0.05) is 18.4 Å². The highest BCUT2D eigenvalue weighted by Gasteiger charge is 2.72. The zero-order chi connectivity index (χ0) is 26.3. The molecule has 0 aromatic heterocycles. The summed E-state index contributed by atoms with van der Waals surface area (Å²) in [5, 5.41) is 14.9. The number of nitrogens with zero attached hydrogens (tertiary/aromatic N) is 2. The van der Waals surface area contributed by atoms with Crippen molar-refractivity contribution >= 4 is 23.9 Å². The number of carbonyl (C=O) groups excluding carboxylic acids is 3. The summed E-state index contributed by atoms with van der Waals surface area (Å²) in [6, 6.07) is 4.93. The third-order valence-corrected chi connectivity index (χ3v) is 7.09. The Labute approximate surface area is 205 Å². The van der Waals surface area contributed by atoms with Crippen molar-refractivity contribution in [2.75, 3.05) is 13.2 Å². The molecule has 0 spiro atoms. The van der Waals surface area contributed by atoms with Gasteiger partial charge in [-0.25, -0.2) is 4.79 Å². The van der Waals surface area contributed by atoms with Gasteiger partial charge in [-0.05, 0) is 42.5 Å². The minimum absolute atomic E-state index is 0.00264. The molecule has 1 aliphatic carbocycles. The normalized spacial score (nSPS) is 26.7. The Morgan fingerprint density at radius 2 is 1.94 bits per heavy atom. The number of hydrogen-bond acceptors (Lipinski definition) is 6. The zero-order valence-corrected chi connectivity index (χ0v) is 19.7. The standard InChI is InChI=1S/C24H25F3N4O5/c1-23(2)17-11-31(18(32)12-35-15-3-5-16(6-4-15)36-24(25,26)27)20(19(17)23)22(34)30-14(10-28)9-13-7-8-29-21(13)33/h3-6,11,13-14,17,19-20H,7-9,12H2,1-2H3,(H-,29,30,33,34)/p+1/t13-,14-,17-,19-,20-/m0/s1. The molecule has 2 fully saturated rings. The van der Waals surface area contributed by atoms with Crippen LogP contribution >= 0.6 is 0 Å². The molecule has 3 aliphatic rings. The molecule has 3 amide bonds. The van der Waals surface area contributed by atoms with Crippen LogP contribution in [0.25, 0.3) is 0 Å². The van der Waals surface area contributed by atoms with E-state index >= 15 is 0 Å². The molecule has 0 radical (unpaired) electrons. The number of alkyl halides is 3. The molecule has 2 heterocycles. The topological polar surface area (TPSA) is 121 Å². The van der Waals surface area contributed by atoms with Gasteiger partial charge in [0.2, 0.25) is 18.6 Å². The van der Waals surface area contributed by atoms with Gasteiger partial charge in [0.1, 0.15) is 17.5 Å². The van der Waals surface area contributed by atoms with Crippen LogP contribution in [0.1, 0.15) is 26.7 Å². The molecule has 1 aromatic rings. The Morgan fingerprint density at radius 3 is 2.53 bits per heavy atom. The smallest absolute Gasteiger partial charge is 0.479 e. The maximum atomic E-state index is 13.2. The monoisotopic (exact) mass is 507 g/mol. The molecule has 4 rings (SSSR count). The van der Waals surface area contributed by atoms with E-state index in [9.17, 15) is 32.8 Å². The number of rotatable bonds is 8. The van der Waals surface area contributed by atoms with Crippen LogP contribution in [0.2, 0.25) is 0 Å². The average molecular weight is 507 g/mol. The van der Waals surface area contributed by atoms with Crippen molar-refractivity contribution in [3.8, 4) is 17.6 Å². The first-order chi connectivity index (χ1) is 16.9. The van der Waals surface area contributed by atoms with Gasteiger partial charge < -0.3 is 20.1 Å². The van der Waals surface area contributed by atoms with Gasteiger partial charge in [0.15, 0.2) is 6.21 Å². The first-order valence-electron chi connectivity index (χ1n) is 11.5. The SMILES string of the molecule is CC1(C)[C@@H]2[C@@H](C(=O)N[C@H](C#N)C[C@@H]3CCNC3=O)[N+](C(=O)COc3ccc(OC(F)(F)F)cc3)=C[C@@H]21. The van der Waals surface area contributed by atoms with Gasteiger partial charge in [0.05, 0.1) is 12.0 Å². The fourth-order valence-corrected chi connectivity index (χ4v) is 5.09. The number of hydrogen-bond donors (Lipinski definition) is 2. The molecule has 36 heavy (non-hydrogen) atoms. The Bertz CT molecular complexity index is 1130. The molecule has 2 N–H and O–H groups in total. The van der Waals surface area contributed by atoms with Crippen LogP contribution < -0.4 is 20.1 Å². The highest BCUT2D eigenvalue weighted by molar-refractivity contribution is 5.90. The van der Waals surface area contributed by atoms with E-state index in [1.165, 1.54) is 16.7 Å². The van der Waals surface area contributed by atoms with Crippen LogP contribution in [0.4, 0.5) is 13.2 Å². The molecule has 12 heteroatoms. The number of ether oxygens (including phenoxy) is 2. The van der Waals surface area contributed by atoms with E-state index in [4.69, 9.17) is 4.74 Å². The lowest BCUT2D eigenvalue weighted by molar-refractivity contribution is -0.472. The number of benzene rings is 1. The summed E-state index contributed by atoms with van der Waals surface area (Å²) >= 11 is 0. The predicted molar refractivity (Wildman–Crippen MR) is 118 cm³/mol. The van der Waals surface area contributed by atoms with Crippen LogP contribution in [0.3, 0.4) is 0 Å². The maximum Gasteiger partial charge on any atom is 0.573 e. The van der Waals surface area contributed by atoms with Gasteiger partial charge in [-0.2, -0.15) is 9.84 Å². The van der Waals surface area contributed by atoms with E-state index < -0.39 is 42.6 Å². The quantitative estimate of drug-likeness (QED) is 0.518. The van der Waals surface area contributed by atoms with Crippen molar-refractivity contribution in [3.63, 3.8) is 0 Å².